The summed E-state index contributed by atoms with van der Waals surface area (Å²) in [4.78, 5) is 20.0. The van der Waals surface area contributed by atoms with Gasteiger partial charge >= 0.3 is 6.03 Å². The molecule has 8 nitrogen and oxygen atoms in total. The van der Waals surface area contributed by atoms with Crippen LogP contribution in [0.1, 0.15) is 24.3 Å². The normalized spacial score (nSPS) is 16.6. The summed E-state index contributed by atoms with van der Waals surface area (Å²) in [7, 11) is 3.12. The Hall–Kier alpha value is -2.87. The molecule has 0 spiro atoms. The molecule has 2 aromatic rings. The van der Waals surface area contributed by atoms with E-state index in [0.29, 0.717) is 29.7 Å². The van der Waals surface area contributed by atoms with Crippen molar-refractivity contribution in [3.63, 3.8) is 0 Å². The zero-order valence-corrected chi connectivity index (χ0v) is 14.8. The van der Waals surface area contributed by atoms with Crippen molar-refractivity contribution in [2.24, 2.45) is 0 Å². The van der Waals surface area contributed by atoms with E-state index in [9.17, 15) is 4.79 Å². The summed E-state index contributed by atoms with van der Waals surface area (Å²) in [5.74, 6) is 2.34. The van der Waals surface area contributed by atoms with Gasteiger partial charge in [0, 0.05) is 43.5 Å². The largest absolute Gasteiger partial charge is 0.495 e. The third-order valence-corrected chi connectivity index (χ3v) is 4.12. The van der Waals surface area contributed by atoms with Crippen molar-refractivity contribution in [1.29, 1.82) is 0 Å². The van der Waals surface area contributed by atoms with Crippen molar-refractivity contribution in [3.05, 3.63) is 36.3 Å². The molecule has 1 aliphatic rings. The number of hydrogen-bond acceptors (Lipinski definition) is 6. The number of amides is 2. The topological polar surface area (TPSA) is 94.6 Å². The van der Waals surface area contributed by atoms with Gasteiger partial charge < -0.3 is 19.5 Å². The van der Waals surface area contributed by atoms with E-state index in [1.165, 1.54) is 0 Å². The van der Waals surface area contributed by atoms with Gasteiger partial charge in [-0.05, 0) is 12.8 Å². The summed E-state index contributed by atoms with van der Waals surface area (Å²) in [6, 6.07) is 3.11. The monoisotopic (exact) mass is 358 g/mol. The summed E-state index contributed by atoms with van der Waals surface area (Å²) < 4.78 is 16.8. The average molecular weight is 358 g/mol. The van der Waals surface area contributed by atoms with Crippen molar-refractivity contribution in [1.82, 2.24) is 15.3 Å². The van der Waals surface area contributed by atoms with Crippen molar-refractivity contribution < 1.29 is 19.0 Å². The zero-order valence-electron chi connectivity index (χ0n) is 14.8. The molecule has 1 fully saturated rings. The van der Waals surface area contributed by atoms with Gasteiger partial charge in [-0.15, -0.1) is 0 Å². The van der Waals surface area contributed by atoms with E-state index in [-0.39, 0.29) is 11.9 Å². The highest BCUT2D eigenvalue weighted by molar-refractivity contribution is 5.88. The highest BCUT2D eigenvalue weighted by Crippen LogP contribution is 2.36. The number of carbonyl (C=O) groups is 1. The molecule has 1 aliphatic heterocycles. The number of pyridine rings is 2. The summed E-state index contributed by atoms with van der Waals surface area (Å²) in [6.07, 6.45) is 6.93. The van der Waals surface area contributed by atoms with Gasteiger partial charge in [-0.3, -0.25) is 10.3 Å². The fraction of sp³-hybridized carbons (Fsp3) is 0.389. The maximum absolute atomic E-state index is 11.6. The molecule has 26 heavy (non-hydrogen) atoms. The number of hydrogen-bond donors (Lipinski definition) is 2. The summed E-state index contributed by atoms with van der Waals surface area (Å²) in [6.45, 7) is 1.40. The Bertz CT molecular complexity index is 763. The minimum atomic E-state index is -0.347. The molecule has 2 aromatic heterocycles. The first-order valence-corrected chi connectivity index (χ1v) is 8.43. The van der Waals surface area contributed by atoms with E-state index >= 15 is 0 Å². The van der Waals surface area contributed by atoms with Crippen LogP contribution in [0, 0.1) is 0 Å². The second kappa shape index (κ2) is 8.48. The lowest BCUT2D eigenvalue weighted by atomic mass is 9.94. The number of carbonyl (C=O) groups excluding carboxylic acids is 1. The fourth-order valence-electron chi connectivity index (χ4n) is 2.77. The molecule has 0 unspecified atom stereocenters. The smallest absolute Gasteiger partial charge is 0.320 e. The predicted molar refractivity (Wildman–Crippen MR) is 96.0 cm³/mol. The Labute approximate surface area is 151 Å². The molecular weight excluding hydrogens is 336 g/mol. The molecule has 0 radical (unpaired) electrons. The number of rotatable bonds is 5. The molecule has 0 aromatic carbocycles. The van der Waals surface area contributed by atoms with Crippen LogP contribution in [0.2, 0.25) is 0 Å². The summed E-state index contributed by atoms with van der Waals surface area (Å²) >= 11 is 0. The Morgan fingerprint density at radius 1 is 1.27 bits per heavy atom. The van der Waals surface area contributed by atoms with Gasteiger partial charge in [0.05, 0.1) is 26.1 Å². The molecule has 2 amide bonds. The Morgan fingerprint density at radius 2 is 2.12 bits per heavy atom. The van der Waals surface area contributed by atoms with Gasteiger partial charge in [0.25, 0.3) is 0 Å². The second-order valence-electron chi connectivity index (χ2n) is 5.89. The minimum Gasteiger partial charge on any atom is -0.495 e. The standard InChI is InChI=1S/C18H22N4O4/c1-19-18(23)22-17-7-16(26-14-6-13(24-2)8-20-9-14)15(10-21-17)12-4-3-5-25-11-12/h6-10,12H,3-5,11H2,1-2H3,(H2,19,21,22,23)/t12-/m1/s1. The third-order valence-electron chi connectivity index (χ3n) is 4.12. The molecule has 3 rings (SSSR count). The quantitative estimate of drug-likeness (QED) is 0.853. The highest BCUT2D eigenvalue weighted by Gasteiger charge is 2.22. The van der Waals surface area contributed by atoms with Crippen LogP contribution in [0.5, 0.6) is 17.2 Å². The average Bonchev–Trinajstić information content (AvgIpc) is 2.69. The second-order valence-corrected chi connectivity index (χ2v) is 5.89. The number of nitrogens with one attached hydrogen (secondary N) is 2. The molecule has 0 saturated carbocycles. The van der Waals surface area contributed by atoms with Crippen LogP contribution in [-0.2, 0) is 4.74 Å². The summed E-state index contributed by atoms with van der Waals surface area (Å²) in [5.41, 5.74) is 0.940. The Morgan fingerprint density at radius 3 is 2.85 bits per heavy atom. The molecule has 1 saturated heterocycles. The molecule has 2 N–H and O–H groups in total. The fourth-order valence-corrected chi connectivity index (χ4v) is 2.77. The van der Waals surface area contributed by atoms with Crippen LogP contribution in [-0.4, -0.2) is 43.4 Å². The zero-order chi connectivity index (χ0) is 18.4. The van der Waals surface area contributed by atoms with Crippen molar-refractivity contribution in [2.45, 2.75) is 18.8 Å². The van der Waals surface area contributed by atoms with Crippen LogP contribution in [0.25, 0.3) is 0 Å². The van der Waals surface area contributed by atoms with E-state index in [1.54, 1.807) is 44.9 Å². The van der Waals surface area contributed by atoms with Gasteiger partial charge in [-0.25, -0.2) is 9.78 Å². The van der Waals surface area contributed by atoms with E-state index in [4.69, 9.17) is 14.2 Å². The van der Waals surface area contributed by atoms with Crippen LogP contribution in [0.15, 0.2) is 30.7 Å². The van der Waals surface area contributed by atoms with Gasteiger partial charge in [-0.2, -0.15) is 0 Å². The molecule has 8 heteroatoms. The number of urea groups is 1. The maximum atomic E-state index is 11.6. The van der Waals surface area contributed by atoms with Gasteiger partial charge in [0.1, 0.15) is 23.1 Å². The molecule has 1 atom stereocenters. The third kappa shape index (κ3) is 4.40. The Balaban J connectivity index is 1.91. The summed E-state index contributed by atoms with van der Waals surface area (Å²) in [5, 5.41) is 5.16. The lowest BCUT2D eigenvalue weighted by Crippen LogP contribution is -2.25. The maximum Gasteiger partial charge on any atom is 0.320 e. The van der Waals surface area contributed by atoms with Crippen molar-refractivity contribution >= 4 is 11.8 Å². The van der Waals surface area contributed by atoms with Crippen LogP contribution in [0.3, 0.4) is 0 Å². The number of methoxy groups -OCH3 is 1. The number of ether oxygens (including phenoxy) is 3. The van der Waals surface area contributed by atoms with Crippen LogP contribution in [0.4, 0.5) is 10.6 Å². The van der Waals surface area contributed by atoms with E-state index < -0.39 is 0 Å². The lowest BCUT2D eigenvalue weighted by molar-refractivity contribution is 0.0797. The van der Waals surface area contributed by atoms with Gasteiger partial charge in [-0.1, -0.05) is 0 Å². The molecule has 0 aliphatic carbocycles. The molecular formula is C18H22N4O4. The first-order chi connectivity index (χ1) is 12.7. The van der Waals surface area contributed by atoms with Crippen molar-refractivity contribution in [2.75, 3.05) is 32.7 Å². The van der Waals surface area contributed by atoms with E-state index in [0.717, 1.165) is 25.0 Å². The van der Waals surface area contributed by atoms with Crippen LogP contribution >= 0.6 is 0 Å². The van der Waals surface area contributed by atoms with E-state index in [1.807, 2.05) is 0 Å². The molecule has 3 heterocycles. The predicted octanol–water partition coefficient (Wildman–Crippen LogP) is 2.92. The molecule has 0 bridgehead atoms. The first-order valence-electron chi connectivity index (χ1n) is 8.43. The molecule has 138 valence electrons. The highest BCUT2D eigenvalue weighted by atomic mass is 16.5. The number of aromatic nitrogens is 2. The lowest BCUT2D eigenvalue weighted by Gasteiger charge is -2.24. The number of nitrogens with zero attached hydrogens (tertiary/aromatic N) is 2. The van der Waals surface area contributed by atoms with Crippen molar-refractivity contribution in [3.8, 4) is 17.2 Å². The van der Waals surface area contributed by atoms with Crippen LogP contribution < -0.4 is 20.1 Å². The van der Waals surface area contributed by atoms with E-state index in [2.05, 4.69) is 20.6 Å². The van der Waals surface area contributed by atoms with Gasteiger partial charge in [0.15, 0.2) is 0 Å². The SMILES string of the molecule is CNC(=O)Nc1cc(Oc2cncc(OC)c2)c([C@@H]2CCCOC2)cn1. The minimum absolute atomic E-state index is 0.193. The first kappa shape index (κ1) is 17.9. The number of anilines is 1. The Kier molecular flexibility index (Phi) is 5.85. The van der Waals surface area contributed by atoms with Gasteiger partial charge in [0.2, 0.25) is 0 Å².